The maximum Gasteiger partial charge on any atom is 0.333 e. The summed E-state index contributed by atoms with van der Waals surface area (Å²) in [5, 5.41) is -0.0892. The molecule has 0 aliphatic heterocycles. The van der Waals surface area contributed by atoms with Gasteiger partial charge < -0.3 is 9.16 Å². The average molecular weight is 403 g/mol. The minimum atomic E-state index is -3.87. The van der Waals surface area contributed by atoms with Crippen LogP contribution in [0.25, 0.3) is 0 Å². The number of hydrogen-bond donors (Lipinski definition) is 0. The Morgan fingerprint density at radius 2 is 1.69 bits per heavy atom. The highest BCUT2D eigenvalue weighted by Crippen LogP contribution is 2.37. The number of carbonyl (C=O) groups excluding carboxylic acids is 1. The minimum Gasteiger partial charge on any atom is -0.467 e. The summed E-state index contributed by atoms with van der Waals surface area (Å²) in [6.45, 7) is 11.9. The zero-order valence-corrected chi connectivity index (χ0v) is 18.5. The van der Waals surface area contributed by atoms with Crippen LogP contribution in [-0.4, -0.2) is 42.5 Å². The molecule has 0 aliphatic rings. The molecule has 0 saturated carbocycles. The molecule has 1 atom stereocenters. The Balaban J connectivity index is 2.79. The quantitative estimate of drug-likeness (QED) is 0.375. The summed E-state index contributed by atoms with van der Waals surface area (Å²) in [5.74, 6) is -0.522. The van der Waals surface area contributed by atoms with Crippen molar-refractivity contribution in [2.45, 2.75) is 63.2 Å². The molecule has 0 radical (unpaired) electrons. The van der Waals surface area contributed by atoms with Crippen molar-refractivity contribution in [1.29, 1.82) is 0 Å². The zero-order chi connectivity index (χ0) is 20.2. The highest BCUT2D eigenvalue weighted by molar-refractivity contribution is 7.86. The molecular weight excluding hydrogens is 372 g/mol. The van der Waals surface area contributed by atoms with Gasteiger partial charge in [0.05, 0.1) is 18.6 Å². The third kappa shape index (κ3) is 6.19. The second-order valence-electron chi connectivity index (χ2n) is 7.77. The smallest absolute Gasteiger partial charge is 0.333 e. The van der Waals surface area contributed by atoms with E-state index < -0.39 is 30.5 Å². The highest BCUT2D eigenvalue weighted by atomic mass is 32.2. The number of hydrogen-bond acceptors (Lipinski definition) is 6. The summed E-state index contributed by atoms with van der Waals surface area (Å²) < 4.78 is 40.4. The van der Waals surface area contributed by atoms with Gasteiger partial charge >= 0.3 is 5.97 Å². The van der Waals surface area contributed by atoms with Crippen LogP contribution in [0.1, 0.15) is 32.8 Å². The molecule has 0 N–H and O–H groups in total. The normalized spacial score (nSPS) is 14.1. The average Bonchev–Trinajstić information content (AvgIpc) is 2.52. The first kappa shape index (κ1) is 22.8. The first-order valence-corrected chi connectivity index (χ1v) is 12.8. The Labute approximate surface area is 158 Å². The van der Waals surface area contributed by atoms with Crippen molar-refractivity contribution in [3.05, 3.63) is 29.8 Å². The molecule has 1 aromatic rings. The van der Waals surface area contributed by atoms with Crippen molar-refractivity contribution in [2.75, 3.05) is 13.7 Å². The largest absolute Gasteiger partial charge is 0.467 e. The molecule has 148 valence electrons. The molecule has 26 heavy (non-hydrogen) atoms. The molecule has 6 nitrogen and oxygen atoms in total. The summed E-state index contributed by atoms with van der Waals surface area (Å²) in [5.41, 5.74) is 0.956. The number of esters is 1. The lowest BCUT2D eigenvalue weighted by atomic mass is 10.2. The van der Waals surface area contributed by atoms with E-state index >= 15 is 0 Å². The van der Waals surface area contributed by atoms with Crippen molar-refractivity contribution >= 4 is 24.4 Å². The lowest BCUT2D eigenvalue weighted by Gasteiger charge is -2.38. The molecule has 0 aromatic heterocycles. The van der Waals surface area contributed by atoms with Crippen molar-refractivity contribution in [1.82, 2.24) is 0 Å². The van der Waals surface area contributed by atoms with E-state index in [1.54, 1.807) is 12.1 Å². The fraction of sp³-hybridized carbons (Fsp3) is 0.611. The van der Waals surface area contributed by atoms with Crippen LogP contribution >= 0.6 is 0 Å². The summed E-state index contributed by atoms with van der Waals surface area (Å²) in [6, 6.07) is 6.39. The van der Waals surface area contributed by atoms with Crippen molar-refractivity contribution in [3.63, 3.8) is 0 Å². The van der Waals surface area contributed by atoms with Gasteiger partial charge in [0.15, 0.2) is 8.32 Å². The Morgan fingerprint density at radius 1 is 1.15 bits per heavy atom. The van der Waals surface area contributed by atoms with Gasteiger partial charge in [-0.3, -0.25) is 4.18 Å². The molecule has 0 bridgehead atoms. The molecule has 0 fully saturated rings. The predicted molar refractivity (Wildman–Crippen MR) is 103 cm³/mol. The second-order valence-corrected chi connectivity index (χ2v) is 14.1. The molecule has 1 unspecified atom stereocenters. The molecule has 8 heteroatoms. The number of carbonyl (C=O) groups is 1. The standard InChI is InChI=1S/C18H30O6SSi/c1-14-8-10-15(11-9-14)25(20,21)23-13-12-16(17(19)22-5)24-26(6,7)18(2,3)4/h8-11,16H,12-13H2,1-7H3. The van der Waals surface area contributed by atoms with Gasteiger partial charge in [-0.15, -0.1) is 0 Å². The topological polar surface area (TPSA) is 78.9 Å². The van der Waals surface area contributed by atoms with Gasteiger partial charge in [-0.25, -0.2) is 4.79 Å². The lowest BCUT2D eigenvalue weighted by molar-refractivity contribution is -0.150. The summed E-state index contributed by atoms with van der Waals surface area (Å²) in [6.07, 6.45) is -0.751. The van der Waals surface area contributed by atoms with Gasteiger partial charge in [-0.05, 0) is 37.2 Å². The Morgan fingerprint density at radius 3 is 2.15 bits per heavy atom. The van der Waals surface area contributed by atoms with Crippen LogP contribution in [0.15, 0.2) is 29.2 Å². The van der Waals surface area contributed by atoms with Gasteiger partial charge in [0.25, 0.3) is 10.1 Å². The molecule has 0 saturated heterocycles. The van der Waals surface area contributed by atoms with E-state index in [0.29, 0.717) is 0 Å². The highest BCUT2D eigenvalue weighted by Gasteiger charge is 2.41. The first-order valence-electron chi connectivity index (χ1n) is 8.52. The summed E-state index contributed by atoms with van der Waals surface area (Å²) in [7, 11) is -4.81. The monoisotopic (exact) mass is 402 g/mol. The van der Waals surface area contributed by atoms with Crippen LogP contribution in [0, 0.1) is 6.92 Å². The predicted octanol–water partition coefficient (Wildman–Crippen LogP) is 3.65. The van der Waals surface area contributed by atoms with Crippen molar-refractivity contribution < 1.29 is 26.6 Å². The molecule has 1 rings (SSSR count). The molecule has 0 spiro atoms. The van der Waals surface area contributed by atoms with Crippen LogP contribution in [0.4, 0.5) is 0 Å². The third-order valence-electron chi connectivity index (χ3n) is 4.64. The van der Waals surface area contributed by atoms with Crippen LogP contribution < -0.4 is 0 Å². The van der Waals surface area contributed by atoms with E-state index in [1.807, 2.05) is 20.0 Å². The Bertz CT molecular complexity index is 704. The van der Waals surface area contributed by atoms with Crippen LogP contribution in [-0.2, 0) is 28.3 Å². The molecule has 0 heterocycles. The molecular formula is C18H30O6SSi. The van der Waals surface area contributed by atoms with Crippen LogP contribution in [0.3, 0.4) is 0 Å². The fourth-order valence-corrected chi connectivity index (χ4v) is 4.13. The molecule has 0 amide bonds. The van der Waals surface area contributed by atoms with Gasteiger partial charge in [-0.2, -0.15) is 8.42 Å². The Kier molecular flexibility index (Phi) is 7.59. The maximum absolute atomic E-state index is 12.2. The van der Waals surface area contributed by atoms with E-state index in [2.05, 4.69) is 20.8 Å². The number of aryl methyl sites for hydroxylation is 1. The summed E-state index contributed by atoms with van der Waals surface area (Å²) in [4.78, 5) is 12.1. The van der Waals surface area contributed by atoms with Crippen molar-refractivity contribution in [3.8, 4) is 0 Å². The maximum atomic E-state index is 12.2. The van der Waals surface area contributed by atoms with Gasteiger partial charge in [0, 0.05) is 6.42 Å². The number of methoxy groups -OCH3 is 1. The minimum absolute atomic E-state index is 0.0861. The number of rotatable bonds is 8. The zero-order valence-electron chi connectivity index (χ0n) is 16.7. The molecule has 1 aromatic carbocycles. The lowest BCUT2D eigenvalue weighted by Crippen LogP contribution is -2.46. The van der Waals surface area contributed by atoms with Gasteiger partial charge in [-0.1, -0.05) is 38.5 Å². The summed E-state index contributed by atoms with van der Waals surface area (Å²) >= 11 is 0. The van der Waals surface area contributed by atoms with E-state index in [9.17, 15) is 13.2 Å². The Hall–Kier alpha value is -1.22. The number of benzene rings is 1. The van der Waals surface area contributed by atoms with Crippen LogP contribution in [0.2, 0.25) is 18.1 Å². The van der Waals surface area contributed by atoms with Crippen LogP contribution in [0.5, 0.6) is 0 Å². The molecule has 0 aliphatic carbocycles. The van der Waals surface area contributed by atoms with E-state index in [4.69, 9.17) is 13.3 Å². The SMILES string of the molecule is COC(=O)C(CCOS(=O)(=O)c1ccc(C)cc1)O[Si](C)(C)C(C)(C)C. The van der Waals surface area contributed by atoms with Gasteiger partial charge in [0.1, 0.15) is 6.10 Å². The second kappa shape index (κ2) is 8.64. The van der Waals surface area contributed by atoms with E-state index in [-0.39, 0.29) is 23.0 Å². The first-order chi connectivity index (χ1) is 11.8. The third-order valence-corrected chi connectivity index (χ3v) is 10.4. The fourth-order valence-electron chi connectivity index (χ4n) is 1.93. The van der Waals surface area contributed by atoms with E-state index in [1.165, 1.54) is 19.2 Å². The van der Waals surface area contributed by atoms with Crippen molar-refractivity contribution in [2.24, 2.45) is 0 Å². The number of ether oxygens (including phenoxy) is 1. The van der Waals surface area contributed by atoms with E-state index in [0.717, 1.165) is 5.56 Å². The van der Waals surface area contributed by atoms with Gasteiger partial charge in [0.2, 0.25) is 0 Å².